The van der Waals surface area contributed by atoms with Crippen molar-refractivity contribution in [2.45, 2.75) is 71.1 Å². The van der Waals surface area contributed by atoms with Gasteiger partial charge in [0.25, 0.3) is 0 Å². The maximum absolute atomic E-state index is 6.06. The number of nitrogens with one attached hydrogen (secondary N) is 1. The first-order valence-corrected chi connectivity index (χ1v) is 10.7. The van der Waals surface area contributed by atoms with Gasteiger partial charge in [-0.25, -0.2) is 0 Å². The lowest BCUT2D eigenvalue weighted by atomic mass is 10.1. The number of hydrogen-bond acceptors (Lipinski definition) is 5. The van der Waals surface area contributed by atoms with E-state index in [1.165, 1.54) is 57.8 Å². The molecule has 6 heteroatoms. The molecule has 0 amide bonds. The molecule has 152 valence electrons. The lowest BCUT2D eigenvalue weighted by Crippen LogP contribution is -2.26. The van der Waals surface area contributed by atoms with Crippen LogP contribution in [0.2, 0.25) is 5.28 Å². The van der Waals surface area contributed by atoms with Gasteiger partial charge in [0.2, 0.25) is 17.2 Å². The molecule has 0 aliphatic rings. The number of aromatic nitrogens is 3. The largest absolute Gasteiger partial charge is 0.354 e. The molecule has 1 aromatic heterocycles. The van der Waals surface area contributed by atoms with Crippen molar-refractivity contribution in [2.24, 2.45) is 0 Å². The second-order valence-corrected chi connectivity index (χ2v) is 7.16. The van der Waals surface area contributed by atoms with Crippen molar-refractivity contribution in [3.63, 3.8) is 0 Å². The monoisotopic (exact) mass is 393 g/mol. The van der Waals surface area contributed by atoms with Crippen LogP contribution < -0.4 is 10.2 Å². The fourth-order valence-corrected chi connectivity index (χ4v) is 3.08. The van der Waals surface area contributed by atoms with Crippen LogP contribution in [0.1, 0.15) is 71.1 Å². The van der Waals surface area contributed by atoms with Crippen LogP contribution >= 0.6 is 11.6 Å². The summed E-state index contributed by atoms with van der Waals surface area (Å²) >= 11 is 6.06. The molecule has 0 saturated carbocycles. The van der Waals surface area contributed by atoms with E-state index in [1.807, 2.05) is 4.90 Å². The zero-order chi connectivity index (χ0) is 19.7. The quantitative estimate of drug-likeness (QED) is 0.258. The molecule has 0 atom stereocenters. The zero-order valence-electron chi connectivity index (χ0n) is 16.9. The number of rotatable bonds is 17. The van der Waals surface area contributed by atoms with Crippen LogP contribution in [0, 0.1) is 0 Å². The lowest BCUT2D eigenvalue weighted by molar-refractivity contribution is 0.559. The van der Waals surface area contributed by atoms with E-state index in [-0.39, 0.29) is 5.28 Å². The van der Waals surface area contributed by atoms with Gasteiger partial charge in [-0.2, -0.15) is 15.0 Å². The van der Waals surface area contributed by atoms with Gasteiger partial charge in [0.1, 0.15) is 0 Å². The minimum Gasteiger partial charge on any atom is -0.354 e. The van der Waals surface area contributed by atoms with E-state index in [2.05, 4.69) is 40.4 Å². The average molecular weight is 394 g/mol. The Balaban J connectivity index is 2.26. The van der Waals surface area contributed by atoms with Gasteiger partial charge in [-0.1, -0.05) is 76.9 Å². The number of anilines is 2. The molecule has 0 aliphatic carbocycles. The molecule has 1 rings (SSSR count). The first-order chi connectivity index (χ1) is 13.2. The van der Waals surface area contributed by atoms with Gasteiger partial charge in [0.15, 0.2) is 0 Å². The Morgan fingerprint density at radius 2 is 1.41 bits per heavy atom. The number of halogens is 1. The predicted octanol–water partition coefficient (Wildman–Crippen LogP) is 6.04. The SMILES string of the molecule is C=CCN(CC=C)c1nc(Cl)nc(NCCCCCCCCCCCC)n1. The van der Waals surface area contributed by atoms with Gasteiger partial charge < -0.3 is 10.2 Å². The summed E-state index contributed by atoms with van der Waals surface area (Å²) in [5.74, 6) is 1.07. The molecule has 0 spiro atoms. The van der Waals surface area contributed by atoms with E-state index in [9.17, 15) is 0 Å². The normalized spacial score (nSPS) is 10.6. The summed E-state index contributed by atoms with van der Waals surface area (Å²) in [6.07, 6.45) is 16.8. The van der Waals surface area contributed by atoms with E-state index in [0.29, 0.717) is 25.0 Å². The van der Waals surface area contributed by atoms with Gasteiger partial charge in [0.05, 0.1) is 0 Å². The highest BCUT2D eigenvalue weighted by atomic mass is 35.5. The zero-order valence-corrected chi connectivity index (χ0v) is 17.7. The Bertz CT molecular complexity index is 525. The smallest absolute Gasteiger partial charge is 0.232 e. The molecule has 0 fully saturated rings. The molecule has 0 saturated heterocycles. The maximum Gasteiger partial charge on any atom is 0.232 e. The summed E-state index contributed by atoms with van der Waals surface area (Å²) in [6, 6.07) is 0. The van der Waals surface area contributed by atoms with Crippen molar-refractivity contribution in [1.29, 1.82) is 0 Å². The molecule has 5 nitrogen and oxygen atoms in total. The van der Waals surface area contributed by atoms with Gasteiger partial charge in [-0.15, -0.1) is 13.2 Å². The van der Waals surface area contributed by atoms with Crippen LogP contribution in [0.4, 0.5) is 11.9 Å². The standard InChI is InChI=1S/C21H36ClN5/c1-4-7-8-9-10-11-12-13-14-15-16-23-20-24-19(22)25-21(26-20)27(17-5-2)18-6-3/h5-6H,2-4,7-18H2,1H3,(H,23,24,25,26). The van der Waals surface area contributed by atoms with E-state index in [4.69, 9.17) is 11.6 Å². The van der Waals surface area contributed by atoms with E-state index < -0.39 is 0 Å². The van der Waals surface area contributed by atoms with Crippen LogP contribution in [0.15, 0.2) is 25.3 Å². The summed E-state index contributed by atoms with van der Waals surface area (Å²) in [5, 5.41) is 3.46. The molecule has 1 aromatic rings. The fraction of sp³-hybridized carbons (Fsp3) is 0.667. The van der Waals surface area contributed by atoms with Crippen molar-refractivity contribution >= 4 is 23.5 Å². The van der Waals surface area contributed by atoms with Gasteiger partial charge in [0, 0.05) is 19.6 Å². The van der Waals surface area contributed by atoms with Crippen LogP contribution in [-0.4, -0.2) is 34.6 Å². The molecule has 1 heterocycles. The molecular formula is C21H36ClN5. The Labute approximate surface area is 170 Å². The molecule has 1 N–H and O–H groups in total. The predicted molar refractivity (Wildman–Crippen MR) is 118 cm³/mol. The molecule has 0 unspecified atom stereocenters. The second kappa shape index (κ2) is 15.4. The van der Waals surface area contributed by atoms with Gasteiger partial charge in [-0.05, 0) is 18.0 Å². The van der Waals surface area contributed by atoms with Crippen molar-refractivity contribution in [3.05, 3.63) is 30.6 Å². The molecule has 27 heavy (non-hydrogen) atoms. The molecular weight excluding hydrogens is 358 g/mol. The van der Waals surface area contributed by atoms with Crippen molar-refractivity contribution in [3.8, 4) is 0 Å². The molecule has 0 aliphatic heterocycles. The summed E-state index contributed by atoms with van der Waals surface area (Å²) < 4.78 is 0. The van der Waals surface area contributed by atoms with Crippen LogP contribution in [0.3, 0.4) is 0 Å². The highest BCUT2D eigenvalue weighted by Crippen LogP contribution is 2.15. The Morgan fingerprint density at radius 3 is 1.96 bits per heavy atom. The number of hydrogen-bond donors (Lipinski definition) is 1. The number of nitrogens with zero attached hydrogens (tertiary/aromatic N) is 4. The van der Waals surface area contributed by atoms with Crippen molar-refractivity contribution in [2.75, 3.05) is 29.9 Å². The first kappa shape index (κ1) is 23.4. The van der Waals surface area contributed by atoms with Crippen molar-refractivity contribution in [1.82, 2.24) is 15.0 Å². The Hall–Kier alpha value is -1.62. The third-order valence-electron chi connectivity index (χ3n) is 4.39. The summed E-state index contributed by atoms with van der Waals surface area (Å²) in [7, 11) is 0. The molecule has 0 radical (unpaired) electrons. The topological polar surface area (TPSA) is 53.9 Å². The maximum atomic E-state index is 6.06. The van der Waals surface area contributed by atoms with E-state index in [1.54, 1.807) is 12.2 Å². The van der Waals surface area contributed by atoms with E-state index in [0.717, 1.165) is 13.0 Å². The first-order valence-electron chi connectivity index (χ1n) is 10.3. The lowest BCUT2D eigenvalue weighted by Gasteiger charge is -2.19. The number of unbranched alkanes of at least 4 members (excludes halogenated alkanes) is 9. The average Bonchev–Trinajstić information content (AvgIpc) is 2.65. The molecule has 0 aromatic carbocycles. The summed E-state index contributed by atoms with van der Waals surface area (Å²) in [4.78, 5) is 14.8. The third kappa shape index (κ3) is 11.0. The highest BCUT2D eigenvalue weighted by molar-refractivity contribution is 6.28. The minimum atomic E-state index is 0.198. The fourth-order valence-electron chi connectivity index (χ4n) is 2.92. The van der Waals surface area contributed by atoms with Crippen LogP contribution in [-0.2, 0) is 0 Å². The van der Waals surface area contributed by atoms with Crippen LogP contribution in [0.5, 0.6) is 0 Å². The summed E-state index contributed by atoms with van der Waals surface area (Å²) in [6.45, 7) is 11.9. The minimum absolute atomic E-state index is 0.198. The van der Waals surface area contributed by atoms with Crippen LogP contribution in [0.25, 0.3) is 0 Å². The Morgan fingerprint density at radius 1 is 0.852 bits per heavy atom. The van der Waals surface area contributed by atoms with E-state index >= 15 is 0 Å². The second-order valence-electron chi connectivity index (χ2n) is 6.82. The van der Waals surface area contributed by atoms with Gasteiger partial charge >= 0.3 is 0 Å². The van der Waals surface area contributed by atoms with Crippen molar-refractivity contribution < 1.29 is 0 Å². The highest BCUT2D eigenvalue weighted by Gasteiger charge is 2.10. The summed E-state index contributed by atoms with van der Waals surface area (Å²) in [5.41, 5.74) is 0. The Kier molecular flexibility index (Phi) is 13.4. The van der Waals surface area contributed by atoms with Gasteiger partial charge in [-0.3, -0.25) is 0 Å². The third-order valence-corrected chi connectivity index (χ3v) is 4.56. The molecule has 0 bridgehead atoms.